The van der Waals surface area contributed by atoms with Gasteiger partial charge in [-0.2, -0.15) is 0 Å². The Hall–Kier alpha value is -2.19. The monoisotopic (exact) mass is 318 g/mol. The smallest absolute Gasteiger partial charge is 0.301 e. The highest BCUT2D eigenvalue weighted by Crippen LogP contribution is 2.37. The molecule has 3 aromatic rings. The Labute approximate surface area is 128 Å². The van der Waals surface area contributed by atoms with E-state index in [-0.39, 0.29) is 5.69 Å². The first kappa shape index (κ1) is 13.8. The van der Waals surface area contributed by atoms with Gasteiger partial charge in [-0.15, -0.1) is 11.3 Å². The van der Waals surface area contributed by atoms with Crippen molar-refractivity contribution in [2.75, 3.05) is 12.4 Å². The van der Waals surface area contributed by atoms with E-state index in [1.807, 2.05) is 24.3 Å². The first-order chi connectivity index (χ1) is 10.2. The normalized spacial score (nSPS) is 10.7. The maximum Gasteiger partial charge on any atom is 0.301 e. The molecule has 3 rings (SSSR count). The second kappa shape index (κ2) is 5.66. The van der Waals surface area contributed by atoms with Crippen LogP contribution in [0.4, 0.5) is 11.5 Å². The minimum absolute atomic E-state index is 0.0155. The molecule has 0 bridgehead atoms. The largest absolute Gasteiger partial charge is 0.373 e. The predicted octanol–water partition coefficient (Wildman–Crippen LogP) is 3.79. The SMILES string of the molecule is CNc1ccc([N+](=O)[O-])c(Sc2nc3ccccc3s2)n1. The molecule has 0 amide bonds. The van der Waals surface area contributed by atoms with Crippen LogP contribution in [-0.4, -0.2) is 21.9 Å². The molecule has 0 unspecified atom stereocenters. The van der Waals surface area contributed by atoms with Crippen LogP contribution >= 0.6 is 23.1 Å². The van der Waals surface area contributed by atoms with E-state index in [1.54, 1.807) is 13.1 Å². The van der Waals surface area contributed by atoms with Crippen LogP contribution in [0.25, 0.3) is 10.2 Å². The van der Waals surface area contributed by atoms with Gasteiger partial charge in [-0.25, -0.2) is 9.97 Å². The zero-order valence-electron chi connectivity index (χ0n) is 10.9. The van der Waals surface area contributed by atoms with Crippen LogP contribution in [0.2, 0.25) is 0 Å². The summed E-state index contributed by atoms with van der Waals surface area (Å²) in [5.41, 5.74) is 0.871. The molecular formula is C13H10N4O2S2. The van der Waals surface area contributed by atoms with Crippen LogP contribution in [0.15, 0.2) is 45.8 Å². The number of thiazole rings is 1. The number of hydrogen-bond donors (Lipinski definition) is 1. The van der Waals surface area contributed by atoms with Crippen molar-refractivity contribution in [3.05, 3.63) is 46.5 Å². The predicted molar refractivity (Wildman–Crippen MR) is 84.2 cm³/mol. The molecule has 1 aromatic carbocycles. The van der Waals surface area contributed by atoms with Gasteiger partial charge in [-0.1, -0.05) is 12.1 Å². The lowest BCUT2D eigenvalue weighted by Crippen LogP contribution is -1.97. The zero-order chi connectivity index (χ0) is 14.8. The quantitative estimate of drug-likeness (QED) is 0.582. The molecule has 0 aliphatic heterocycles. The number of benzene rings is 1. The third-order valence-corrected chi connectivity index (χ3v) is 4.84. The number of aromatic nitrogens is 2. The van der Waals surface area contributed by atoms with Crippen molar-refractivity contribution in [1.29, 1.82) is 0 Å². The number of nitrogens with zero attached hydrogens (tertiary/aromatic N) is 3. The second-order valence-electron chi connectivity index (χ2n) is 4.08. The van der Waals surface area contributed by atoms with Crippen molar-refractivity contribution in [2.24, 2.45) is 0 Å². The highest BCUT2D eigenvalue weighted by atomic mass is 32.2. The van der Waals surface area contributed by atoms with Gasteiger partial charge < -0.3 is 5.32 Å². The van der Waals surface area contributed by atoms with Crippen molar-refractivity contribution < 1.29 is 4.92 Å². The fourth-order valence-corrected chi connectivity index (χ4v) is 3.83. The Morgan fingerprint density at radius 2 is 2.05 bits per heavy atom. The number of nitrogens with one attached hydrogen (secondary N) is 1. The summed E-state index contributed by atoms with van der Waals surface area (Å²) in [6.07, 6.45) is 0. The molecule has 0 radical (unpaired) electrons. The van der Waals surface area contributed by atoms with Gasteiger partial charge in [0.05, 0.1) is 15.1 Å². The summed E-state index contributed by atoms with van der Waals surface area (Å²) in [5.74, 6) is 0.587. The molecular weight excluding hydrogens is 308 g/mol. The van der Waals surface area contributed by atoms with E-state index in [9.17, 15) is 10.1 Å². The molecule has 0 aliphatic carbocycles. The van der Waals surface area contributed by atoms with E-state index in [2.05, 4.69) is 15.3 Å². The first-order valence-corrected chi connectivity index (χ1v) is 7.67. The Balaban J connectivity index is 2.01. The van der Waals surface area contributed by atoms with E-state index in [0.29, 0.717) is 10.8 Å². The molecule has 1 N–H and O–H groups in total. The molecule has 0 spiro atoms. The lowest BCUT2D eigenvalue weighted by Gasteiger charge is -2.03. The summed E-state index contributed by atoms with van der Waals surface area (Å²) >= 11 is 2.71. The highest BCUT2D eigenvalue weighted by Gasteiger charge is 2.18. The summed E-state index contributed by atoms with van der Waals surface area (Å²) in [5, 5.41) is 14.3. The Bertz CT molecular complexity index is 786. The maximum absolute atomic E-state index is 11.1. The van der Waals surface area contributed by atoms with E-state index >= 15 is 0 Å². The van der Waals surface area contributed by atoms with Crippen molar-refractivity contribution in [1.82, 2.24) is 9.97 Å². The number of hydrogen-bond acceptors (Lipinski definition) is 7. The first-order valence-electron chi connectivity index (χ1n) is 6.04. The number of fused-ring (bicyclic) bond motifs is 1. The van der Waals surface area contributed by atoms with Gasteiger partial charge in [-0.3, -0.25) is 10.1 Å². The molecule has 2 heterocycles. The molecule has 8 heteroatoms. The highest BCUT2D eigenvalue weighted by molar-refractivity contribution is 8.01. The third-order valence-electron chi connectivity index (χ3n) is 2.75. The summed E-state index contributed by atoms with van der Waals surface area (Å²) in [4.78, 5) is 19.4. The molecule has 21 heavy (non-hydrogen) atoms. The van der Waals surface area contributed by atoms with Crippen molar-refractivity contribution in [3.8, 4) is 0 Å². The topological polar surface area (TPSA) is 81.0 Å². The Morgan fingerprint density at radius 1 is 1.24 bits per heavy atom. The molecule has 0 fully saturated rings. The van der Waals surface area contributed by atoms with Gasteiger partial charge in [0.25, 0.3) is 0 Å². The van der Waals surface area contributed by atoms with E-state index in [0.717, 1.165) is 14.6 Å². The van der Waals surface area contributed by atoms with E-state index < -0.39 is 4.92 Å². The average molecular weight is 318 g/mol. The van der Waals surface area contributed by atoms with Crippen LogP contribution in [0, 0.1) is 10.1 Å². The van der Waals surface area contributed by atoms with Gasteiger partial charge in [0.1, 0.15) is 5.82 Å². The number of nitro groups is 1. The molecule has 6 nitrogen and oxygen atoms in total. The number of rotatable bonds is 4. The van der Waals surface area contributed by atoms with Crippen LogP contribution in [-0.2, 0) is 0 Å². The number of para-hydroxylation sites is 1. The Morgan fingerprint density at radius 3 is 2.76 bits per heavy atom. The van der Waals surface area contributed by atoms with Crippen LogP contribution in [0.1, 0.15) is 0 Å². The summed E-state index contributed by atoms with van der Waals surface area (Å²) in [6.45, 7) is 0. The number of pyridine rings is 1. The Kier molecular flexibility index (Phi) is 3.72. The van der Waals surface area contributed by atoms with Gasteiger partial charge in [0.15, 0.2) is 9.37 Å². The van der Waals surface area contributed by atoms with Crippen molar-refractivity contribution in [3.63, 3.8) is 0 Å². The lowest BCUT2D eigenvalue weighted by molar-refractivity contribution is -0.388. The standard InChI is InChI=1S/C13H10N4O2S2/c1-14-11-7-6-9(17(18)19)12(16-11)21-13-15-8-4-2-3-5-10(8)20-13/h2-7H,1H3,(H,14,16). The molecule has 0 atom stereocenters. The third kappa shape index (κ3) is 2.81. The molecule has 0 saturated heterocycles. The van der Waals surface area contributed by atoms with Gasteiger partial charge in [0.2, 0.25) is 0 Å². The molecule has 0 saturated carbocycles. The fraction of sp³-hybridized carbons (Fsp3) is 0.0769. The minimum atomic E-state index is -0.428. The van der Waals surface area contributed by atoms with Gasteiger partial charge in [-0.05, 0) is 30.0 Å². The lowest BCUT2D eigenvalue weighted by atomic mass is 10.3. The van der Waals surface area contributed by atoms with Crippen LogP contribution in [0.5, 0.6) is 0 Å². The van der Waals surface area contributed by atoms with Crippen LogP contribution < -0.4 is 5.32 Å². The van der Waals surface area contributed by atoms with Gasteiger partial charge >= 0.3 is 5.69 Å². The minimum Gasteiger partial charge on any atom is -0.373 e. The fourth-order valence-electron chi connectivity index (χ4n) is 1.76. The van der Waals surface area contributed by atoms with Crippen molar-refractivity contribution >= 4 is 44.8 Å². The zero-order valence-corrected chi connectivity index (χ0v) is 12.6. The molecule has 2 aromatic heterocycles. The van der Waals surface area contributed by atoms with E-state index in [1.165, 1.54) is 29.2 Å². The average Bonchev–Trinajstić information content (AvgIpc) is 2.89. The summed E-state index contributed by atoms with van der Waals surface area (Å²) < 4.78 is 1.78. The molecule has 106 valence electrons. The second-order valence-corrected chi connectivity index (χ2v) is 6.34. The van der Waals surface area contributed by atoms with Crippen LogP contribution in [0.3, 0.4) is 0 Å². The maximum atomic E-state index is 11.1. The van der Waals surface area contributed by atoms with Crippen molar-refractivity contribution in [2.45, 2.75) is 9.37 Å². The van der Waals surface area contributed by atoms with E-state index in [4.69, 9.17) is 0 Å². The summed E-state index contributed by atoms with van der Waals surface area (Å²) in [6, 6.07) is 10.8. The number of anilines is 1. The molecule has 0 aliphatic rings. The summed E-state index contributed by atoms with van der Waals surface area (Å²) in [7, 11) is 1.72. The van der Waals surface area contributed by atoms with Gasteiger partial charge in [0, 0.05) is 13.1 Å².